The fourth-order valence-corrected chi connectivity index (χ4v) is 3.52. The van der Waals surface area contributed by atoms with E-state index < -0.39 is 0 Å². The highest BCUT2D eigenvalue weighted by Gasteiger charge is 2.27. The third-order valence-electron chi connectivity index (χ3n) is 3.54. The first kappa shape index (κ1) is 13.6. The molecule has 0 aliphatic carbocycles. The van der Waals surface area contributed by atoms with Gasteiger partial charge in [0.15, 0.2) is 6.10 Å². The average molecular weight is 288 g/mol. The predicted octanol–water partition coefficient (Wildman–Crippen LogP) is 3.63. The molecule has 1 aliphatic heterocycles. The minimum absolute atomic E-state index is 0.0935. The summed E-state index contributed by atoms with van der Waals surface area (Å²) in [5.74, 6) is 1.01. The minimum atomic E-state index is 0.0935. The number of thiazole rings is 1. The van der Waals surface area contributed by atoms with Crippen molar-refractivity contribution in [1.29, 1.82) is 0 Å². The summed E-state index contributed by atoms with van der Waals surface area (Å²) in [6.07, 6.45) is 2.19. The van der Waals surface area contributed by atoms with E-state index in [0.717, 1.165) is 42.4 Å². The second kappa shape index (κ2) is 5.94. The number of fused-ring (bicyclic) bond motifs is 1. The first-order chi connectivity index (χ1) is 9.78. The number of ether oxygens (including phenoxy) is 1. The molecule has 106 valence electrons. The van der Waals surface area contributed by atoms with Gasteiger partial charge in [0, 0.05) is 17.8 Å². The molecule has 1 N–H and O–H groups in total. The second-order valence-electron chi connectivity index (χ2n) is 5.16. The van der Waals surface area contributed by atoms with Crippen LogP contribution in [0.1, 0.15) is 40.6 Å². The molecule has 1 aromatic heterocycles. The number of benzene rings is 1. The molecule has 0 saturated carbocycles. The highest BCUT2D eigenvalue weighted by atomic mass is 32.1. The zero-order chi connectivity index (χ0) is 13.9. The predicted molar refractivity (Wildman–Crippen MR) is 82.4 cm³/mol. The van der Waals surface area contributed by atoms with Crippen molar-refractivity contribution in [3.05, 3.63) is 45.4 Å². The highest BCUT2D eigenvalue weighted by molar-refractivity contribution is 7.11. The molecule has 0 saturated heterocycles. The zero-order valence-electron chi connectivity index (χ0n) is 12.0. The van der Waals surface area contributed by atoms with Crippen LogP contribution in [0.25, 0.3) is 0 Å². The maximum atomic E-state index is 6.01. The minimum Gasteiger partial charge on any atom is -0.483 e. The molecule has 3 nitrogen and oxygen atoms in total. The Bertz CT molecular complexity index is 569. The van der Waals surface area contributed by atoms with Crippen molar-refractivity contribution >= 4 is 11.3 Å². The van der Waals surface area contributed by atoms with Crippen LogP contribution in [-0.4, -0.2) is 11.5 Å². The summed E-state index contributed by atoms with van der Waals surface area (Å²) in [5, 5.41) is 4.55. The Balaban J connectivity index is 1.71. The number of nitrogens with zero attached hydrogens (tertiary/aromatic N) is 1. The lowest BCUT2D eigenvalue weighted by molar-refractivity contribution is 0.238. The van der Waals surface area contributed by atoms with Crippen molar-refractivity contribution in [2.24, 2.45) is 0 Å². The Morgan fingerprint density at radius 2 is 2.25 bits per heavy atom. The normalized spacial score (nSPS) is 17.0. The molecular weight excluding hydrogens is 268 g/mol. The molecule has 0 fully saturated rings. The lowest BCUT2D eigenvalue weighted by atomic mass is 10.1. The number of aromatic nitrogens is 1. The number of nitrogens with one attached hydrogen (secondary N) is 1. The van der Waals surface area contributed by atoms with Gasteiger partial charge in [0.25, 0.3) is 0 Å². The van der Waals surface area contributed by atoms with Crippen molar-refractivity contribution in [1.82, 2.24) is 10.3 Å². The van der Waals surface area contributed by atoms with Crippen molar-refractivity contribution in [3.8, 4) is 5.75 Å². The molecule has 1 unspecified atom stereocenters. The van der Waals surface area contributed by atoms with Crippen LogP contribution in [-0.2, 0) is 13.0 Å². The van der Waals surface area contributed by atoms with Gasteiger partial charge in [-0.3, -0.25) is 0 Å². The van der Waals surface area contributed by atoms with Crippen LogP contribution < -0.4 is 10.1 Å². The van der Waals surface area contributed by atoms with Crippen LogP contribution in [0.2, 0.25) is 0 Å². The summed E-state index contributed by atoms with van der Waals surface area (Å²) in [6, 6.07) is 8.27. The summed E-state index contributed by atoms with van der Waals surface area (Å²) >= 11 is 1.78. The molecule has 0 bridgehead atoms. The van der Waals surface area contributed by atoms with Crippen LogP contribution in [0.15, 0.2) is 24.3 Å². The van der Waals surface area contributed by atoms with Crippen LogP contribution in [0, 0.1) is 6.92 Å². The lowest BCUT2D eigenvalue weighted by Crippen LogP contribution is -2.13. The van der Waals surface area contributed by atoms with Gasteiger partial charge < -0.3 is 10.1 Å². The van der Waals surface area contributed by atoms with Gasteiger partial charge in [-0.15, -0.1) is 11.3 Å². The summed E-state index contributed by atoms with van der Waals surface area (Å²) in [5.41, 5.74) is 2.42. The van der Waals surface area contributed by atoms with Gasteiger partial charge in [0.1, 0.15) is 10.8 Å². The fourth-order valence-electron chi connectivity index (χ4n) is 2.45. The Labute approximate surface area is 124 Å². The van der Waals surface area contributed by atoms with E-state index in [4.69, 9.17) is 9.72 Å². The van der Waals surface area contributed by atoms with E-state index in [1.807, 2.05) is 12.1 Å². The molecule has 1 aliphatic rings. The number of hydrogen-bond acceptors (Lipinski definition) is 4. The summed E-state index contributed by atoms with van der Waals surface area (Å²) in [4.78, 5) is 6.03. The van der Waals surface area contributed by atoms with Gasteiger partial charge in [-0.1, -0.05) is 25.1 Å². The quantitative estimate of drug-likeness (QED) is 0.853. The van der Waals surface area contributed by atoms with Crippen LogP contribution in [0.5, 0.6) is 5.75 Å². The smallest absolute Gasteiger partial charge is 0.154 e. The highest BCUT2D eigenvalue weighted by Crippen LogP contribution is 2.38. The summed E-state index contributed by atoms with van der Waals surface area (Å²) in [7, 11) is 0. The Kier molecular flexibility index (Phi) is 4.03. The van der Waals surface area contributed by atoms with Gasteiger partial charge in [0.2, 0.25) is 0 Å². The van der Waals surface area contributed by atoms with Crippen molar-refractivity contribution in [3.63, 3.8) is 0 Å². The largest absolute Gasteiger partial charge is 0.483 e. The van der Waals surface area contributed by atoms with Gasteiger partial charge in [-0.05, 0) is 31.5 Å². The van der Waals surface area contributed by atoms with Crippen molar-refractivity contribution in [2.45, 2.75) is 39.3 Å². The molecule has 0 amide bonds. The second-order valence-corrected chi connectivity index (χ2v) is 6.27. The number of rotatable bonds is 5. The molecule has 0 radical (unpaired) electrons. The van der Waals surface area contributed by atoms with E-state index in [0.29, 0.717) is 0 Å². The van der Waals surface area contributed by atoms with E-state index in [2.05, 4.69) is 31.3 Å². The van der Waals surface area contributed by atoms with Crippen LogP contribution in [0.4, 0.5) is 0 Å². The monoisotopic (exact) mass is 288 g/mol. The van der Waals surface area contributed by atoms with Crippen LogP contribution >= 0.6 is 11.3 Å². The van der Waals surface area contributed by atoms with E-state index in [1.54, 1.807) is 11.3 Å². The molecule has 0 spiro atoms. The van der Waals surface area contributed by atoms with E-state index in [1.165, 1.54) is 10.4 Å². The van der Waals surface area contributed by atoms with E-state index in [-0.39, 0.29) is 6.10 Å². The molecule has 1 aromatic carbocycles. The maximum absolute atomic E-state index is 6.01. The van der Waals surface area contributed by atoms with Gasteiger partial charge in [0.05, 0.1) is 5.69 Å². The molecule has 1 atom stereocenters. The number of para-hydroxylation sites is 1. The Morgan fingerprint density at radius 1 is 1.40 bits per heavy atom. The molecule has 4 heteroatoms. The summed E-state index contributed by atoms with van der Waals surface area (Å²) < 4.78 is 6.01. The average Bonchev–Trinajstić information content (AvgIpc) is 3.03. The van der Waals surface area contributed by atoms with E-state index >= 15 is 0 Å². The first-order valence-corrected chi connectivity index (χ1v) is 8.01. The van der Waals surface area contributed by atoms with Gasteiger partial charge in [-0.25, -0.2) is 4.98 Å². The SMILES string of the molecule is CCCNCc1sc(C2Cc3ccccc3O2)nc1C. The maximum Gasteiger partial charge on any atom is 0.154 e. The van der Waals surface area contributed by atoms with E-state index in [9.17, 15) is 0 Å². The third kappa shape index (κ3) is 2.72. The standard InChI is InChI=1S/C16H20N2OS/c1-3-8-17-10-15-11(2)18-16(20-15)14-9-12-6-4-5-7-13(12)19-14/h4-7,14,17H,3,8-10H2,1-2H3. The molecule has 2 heterocycles. The lowest BCUT2D eigenvalue weighted by Gasteiger charge is -2.06. The molecular formula is C16H20N2OS. The molecule has 2 aromatic rings. The molecule has 3 rings (SSSR count). The fraction of sp³-hybridized carbons (Fsp3) is 0.438. The van der Waals surface area contributed by atoms with Crippen LogP contribution in [0.3, 0.4) is 0 Å². The Hall–Kier alpha value is -1.39. The van der Waals surface area contributed by atoms with Gasteiger partial charge >= 0.3 is 0 Å². The molecule has 20 heavy (non-hydrogen) atoms. The number of hydrogen-bond donors (Lipinski definition) is 1. The third-order valence-corrected chi connectivity index (χ3v) is 4.79. The first-order valence-electron chi connectivity index (χ1n) is 7.19. The topological polar surface area (TPSA) is 34.1 Å². The van der Waals surface area contributed by atoms with Crippen molar-refractivity contribution < 1.29 is 4.74 Å². The Morgan fingerprint density at radius 3 is 3.05 bits per heavy atom. The van der Waals surface area contributed by atoms with Crippen molar-refractivity contribution in [2.75, 3.05) is 6.54 Å². The zero-order valence-corrected chi connectivity index (χ0v) is 12.8. The summed E-state index contributed by atoms with van der Waals surface area (Å²) in [6.45, 7) is 6.24. The number of aryl methyl sites for hydroxylation is 1. The van der Waals surface area contributed by atoms with Gasteiger partial charge in [-0.2, -0.15) is 0 Å².